The van der Waals surface area contributed by atoms with Gasteiger partial charge in [-0.25, -0.2) is 13.2 Å². The average molecular weight is 439 g/mol. The molecule has 160 valence electrons. The van der Waals surface area contributed by atoms with E-state index in [-0.39, 0.29) is 11.5 Å². The Balaban J connectivity index is 1.73. The lowest BCUT2D eigenvalue weighted by atomic mass is 10.1. The highest BCUT2D eigenvalue weighted by atomic mass is 32.2. The summed E-state index contributed by atoms with van der Waals surface area (Å²) in [5.74, 6) is 0.142. The van der Waals surface area contributed by atoms with Gasteiger partial charge >= 0.3 is 5.97 Å². The molecule has 1 heterocycles. The number of benzene rings is 2. The predicted molar refractivity (Wildman–Crippen MR) is 118 cm³/mol. The highest BCUT2D eigenvalue weighted by Gasteiger charge is 2.15. The summed E-state index contributed by atoms with van der Waals surface area (Å²) in [6, 6.07) is 16.5. The molecule has 0 aliphatic heterocycles. The maximum Gasteiger partial charge on any atom is 0.338 e. The SMILES string of the molecule is CCS(=O)(=O)Nc1ccc(C(=O)/C=C/c2ccc(-c3ccccc3C(=O)OC)o2)cc1. The Kier molecular flexibility index (Phi) is 6.71. The Hall–Kier alpha value is -3.65. The van der Waals surface area contributed by atoms with E-state index in [9.17, 15) is 18.0 Å². The maximum atomic E-state index is 12.4. The molecule has 0 amide bonds. The second-order valence-electron chi connectivity index (χ2n) is 6.52. The van der Waals surface area contributed by atoms with Gasteiger partial charge in [-0.3, -0.25) is 9.52 Å². The minimum absolute atomic E-state index is 0.0361. The van der Waals surface area contributed by atoms with E-state index in [0.717, 1.165) is 0 Å². The first-order valence-corrected chi connectivity index (χ1v) is 11.1. The summed E-state index contributed by atoms with van der Waals surface area (Å²) in [6.07, 6.45) is 2.89. The van der Waals surface area contributed by atoms with Gasteiger partial charge in [0.25, 0.3) is 0 Å². The van der Waals surface area contributed by atoms with Crippen LogP contribution in [0.4, 0.5) is 5.69 Å². The second-order valence-corrected chi connectivity index (χ2v) is 8.53. The molecule has 2 aromatic carbocycles. The first-order valence-electron chi connectivity index (χ1n) is 9.43. The van der Waals surface area contributed by atoms with E-state index in [1.165, 1.54) is 31.4 Å². The highest BCUT2D eigenvalue weighted by molar-refractivity contribution is 7.92. The van der Waals surface area contributed by atoms with E-state index in [4.69, 9.17) is 9.15 Å². The summed E-state index contributed by atoms with van der Waals surface area (Å²) >= 11 is 0. The van der Waals surface area contributed by atoms with Crippen LogP contribution in [0.1, 0.15) is 33.4 Å². The van der Waals surface area contributed by atoms with Gasteiger partial charge in [0.2, 0.25) is 10.0 Å². The van der Waals surface area contributed by atoms with E-state index in [2.05, 4.69) is 4.72 Å². The fourth-order valence-electron chi connectivity index (χ4n) is 2.78. The average Bonchev–Trinajstić information content (AvgIpc) is 3.26. The topological polar surface area (TPSA) is 103 Å². The first kappa shape index (κ1) is 22.0. The number of ether oxygens (including phenoxy) is 1. The standard InChI is InChI=1S/C23H21NO6S/c1-3-31(27,28)24-17-10-8-16(9-11-17)21(25)14-12-18-13-15-22(30-18)19-6-4-5-7-20(19)23(26)29-2/h4-15,24H,3H2,1-2H3/b14-12+. The van der Waals surface area contributed by atoms with Gasteiger partial charge in [-0.2, -0.15) is 0 Å². The Bertz CT molecular complexity index is 1220. The van der Waals surface area contributed by atoms with Gasteiger partial charge in [0.1, 0.15) is 11.5 Å². The van der Waals surface area contributed by atoms with Gasteiger partial charge in [-0.05, 0) is 61.5 Å². The van der Waals surface area contributed by atoms with Crippen LogP contribution in [0.3, 0.4) is 0 Å². The summed E-state index contributed by atoms with van der Waals surface area (Å²) < 4.78 is 36.2. The van der Waals surface area contributed by atoms with Gasteiger partial charge in [-0.1, -0.05) is 18.2 Å². The van der Waals surface area contributed by atoms with E-state index < -0.39 is 16.0 Å². The molecule has 3 aromatic rings. The number of rotatable bonds is 8. The van der Waals surface area contributed by atoms with Crippen LogP contribution in [-0.2, 0) is 14.8 Å². The van der Waals surface area contributed by atoms with Crippen LogP contribution in [-0.4, -0.2) is 33.0 Å². The van der Waals surface area contributed by atoms with Crippen molar-refractivity contribution in [3.05, 3.63) is 83.6 Å². The molecular formula is C23H21NO6S. The molecule has 0 atom stereocenters. The predicted octanol–water partition coefficient (Wildman–Crippen LogP) is 4.39. The number of carbonyl (C=O) groups excluding carboxylic acids is 2. The molecule has 7 nitrogen and oxygen atoms in total. The van der Waals surface area contributed by atoms with Gasteiger partial charge in [-0.15, -0.1) is 0 Å². The van der Waals surface area contributed by atoms with Crippen molar-refractivity contribution >= 4 is 33.5 Å². The number of carbonyl (C=O) groups is 2. The second kappa shape index (κ2) is 9.44. The zero-order chi connectivity index (χ0) is 22.4. The van der Waals surface area contributed by atoms with Crippen LogP contribution in [0, 0.1) is 0 Å². The summed E-state index contributed by atoms with van der Waals surface area (Å²) in [5, 5.41) is 0. The lowest BCUT2D eigenvalue weighted by molar-refractivity contribution is 0.0601. The molecule has 0 saturated heterocycles. The number of allylic oxidation sites excluding steroid dienone is 1. The minimum atomic E-state index is -3.37. The van der Waals surface area contributed by atoms with Crippen molar-refractivity contribution in [1.29, 1.82) is 0 Å². The molecular weight excluding hydrogens is 418 g/mol. The number of esters is 1. The summed E-state index contributed by atoms with van der Waals surface area (Å²) in [6.45, 7) is 1.54. The Morgan fingerprint density at radius 3 is 2.42 bits per heavy atom. The lowest BCUT2D eigenvalue weighted by Gasteiger charge is -2.06. The van der Waals surface area contributed by atoms with E-state index >= 15 is 0 Å². The largest absolute Gasteiger partial charge is 0.465 e. The molecule has 0 radical (unpaired) electrons. The van der Waals surface area contributed by atoms with E-state index in [0.29, 0.717) is 33.9 Å². The maximum absolute atomic E-state index is 12.4. The third-order valence-corrected chi connectivity index (χ3v) is 5.75. The van der Waals surface area contributed by atoms with Crippen molar-refractivity contribution in [3.63, 3.8) is 0 Å². The normalized spacial score (nSPS) is 11.4. The van der Waals surface area contributed by atoms with Gasteiger partial charge < -0.3 is 9.15 Å². The number of sulfonamides is 1. The van der Waals surface area contributed by atoms with Crippen LogP contribution in [0.15, 0.2) is 71.2 Å². The molecule has 1 N–H and O–H groups in total. The third-order valence-electron chi connectivity index (χ3n) is 4.45. The Morgan fingerprint density at radius 2 is 1.74 bits per heavy atom. The molecule has 8 heteroatoms. The number of nitrogens with one attached hydrogen (secondary N) is 1. The van der Waals surface area contributed by atoms with Crippen LogP contribution in [0.25, 0.3) is 17.4 Å². The number of furan rings is 1. The van der Waals surface area contributed by atoms with Crippen LogP contribution in [0.5, 0.6) is 0 Å². The first-order chi connectivity index (χ1) is 14.8. The molecule has 0 spiro atoms. The smallest absolute Gasteiger partial charge is 0.338 e. The van der Waals surface area contributed by atoms with Crippen molar-refractivity contribution in [2.24, 2.45) is 0 Å². The molecule has 0 unspecified atom stereocenters. The van der Waals surface area contributed by atoms with Crippen molar-refractivity contribution in [3.8, 4) is 11.3 Å². The van der Waals surface area contributed by atoms with Crippen molar-refractivity contribution < 1.29 is 27.2 Å². The van der Waals surface area contributed by atoms with Gasteiger partial charge in [0, 0.05) is 16.8 Å². The van der Waals surface area contributed by atoms with Crippen LogP contribution >= 0.6 is 0 Å². The van der Waals surface area contributed by atoms with E-state index in [1.54, 1.807) is 55.5 Å². The number of hydrogen-bond acceptors (Lipinski definition) is 6. The molecule has 3 rings (SSSR count). The molecule has 0 bridgehead atoms. The third kappa shape index (κ3) is 5.49. The van der Waals surface area contributed by atoms with Gasteiger partial charge in [0.15, 0.2) is 5.78 Å². The zero-order valence-corrected chi connectivity index (χ0v) is 17.8. The summed E-state index contributed by atoms with van der Waals surface area (Å²) in [7, 11) is -2.06. The summed E-state index contributed by atoms with van der Waals surface area (Å²) in [5.41, 5.74) is 1.76. The van der Waals surface area contributed by atoms with Crippen molar-refractivity contribution in [1.82, 2.24) is 0 Å². The molecule has 0 aliphatic rings. The van der Waals surface area contributed by atoms with Crippen LogP contribution in [0.2, 0.25) is 0 Å². The quantitative estimate of drug-likeness (QED) is 0.317. The Morgan fingerprint density at radius 1 is 1.03 bits per heavy atom. The highest BCUT2D eigenvalue weighted by Crippen LogP contribution is 2.27. The number of ketones is 1. The van der Waals surface area contributed by atoms with Crippen molar-refractivity contribution in [2.75, 3.05) is 17.6 Å². The van der Waals surface area contributed by atoms with Gasteiger partial charge in [0.05, 0.1) is 18.4 Å². The Labute approximate surface area is 180 Å². The molecule has 0 aliphatic carbocycles. The molecule has 0 saturated carbocycles. The fourth-order valence-corrected chi connectivity index (χ4v) is 3.42. The zero-order valence-electron chi connectivity index (χ0n) is 17.0. The van der Waals surface area contributed by atoms with Crippen LogP contribution < -0.4 is 4.72 Å². The fraction of sp³-hybridized carbons (Fsp3) is 0.130. The minimum Gasteiger partial charge on any atom is -0.465 e. The molecule has 1 aromatic heterocycles. The summed E-state index contributed by atoms with van der Waals surface area (Å²) in [4.78, 5) is 24.3. The number of hydrogen-bond donors (Lipinski definition) is 1. The van der Waals surface area contributed by atoms with E-state index in [1.807, 2.05) is 0 Å². The monoisotopic (exact) mass is 439 g/mol. The number of methoxy groups -OCH3 is 1. The lowest BCUT2D eigenvalue weighted by Crippen LogP contribution is -2.14. The molecule has 0 fully saturated rings. The number of anilines is 1. The van der Waals surface area contributed by atoms with Crippen molar-refractivity contribution in [2.45, 2.75) is 6.92 Å². The molecule has 31 heavy (non-hydrogen) atoms.